The van der Waals surface area contributed by atoms with Crippen molar-refractivity contribution in [1.29, 1.82) is 0 Å². The van der Waals surface area contributed by atoms with Crippen LogP contribution in [0.1, 0.15) is 36.5 Å². The van der Waals surface area contributed by atoms with Gasteiger partial charge in [-0.25, -0.2) is 9.69 Å². The van der Waals surface area contributed by atoms with Crippen LogP contribution >= 0.6 is 0 Å². The van der Waals surface area contributed by atoms with Crippen molar-refractivity contribution in [2.75, 3.05) is 29.9 Å². The van der Waals surface area contributed by atoms with E-state index >= 15 is 0 Å². The molecular weight excluding hydrogens is 479 g/mol. The quantitative estimate of drug-likeness (QED) is 0.450. The van der Waals surface area contributed by atoms with Crippen LogP contribution in [0.2, 0.25) is 0 Å². The zero-order valence-electron chi connectivity index (χ0n) is 19.6. The molecule has 1 N–H and O–H groups in total. The van der Waals surface area contributed by atoms with E-state index in [1.54, 1.807) is 19.1 Å². The van der Waals surface area contributed by atoms with E-state index in [1.807, 2.05) is 4.90 Å². The Morgan fingerprint density at radius 3 is 2.25 bits per heavy atom. The molecule has 4 rings (SSSR count). The third kappa shape index (κ3) is 5.96. The number of amides is 2. The molecule has 8 nitrogen and oxygen atoms in total. The monoisotopic (exact) mass is 505 g/mol. The van der Waals surface area contributed by atoms with Crippen molar-refractivity contribution in [3.8, 4) is 5.75 Å². The molecule has 1 atom stereocenters. The molecule has 2 aliphatic rings. The van der Waals surface area contributed by atoms with Gasteiger partial charge in [0.15, 0.2) is 0 Å². The van der Waals surface area contributed by atoms with Gasteiger partial charge in [-0.2, -0.15) is 0 Å². The Balaban J connectivity index is 1.31. The van der Waals surface area contributed by atoms with Crippen LogP contribution in [0.25, 0.3) is 0 Å². The average molecular weight is 505 g/mol. The summed E-state index contributed by atoms with van der Waals surface area (Å²) in [5.74, 6) is -1.35. The third-order valence-electron chi connectivity index (χ3n) is 6.19. The van der Waals surface area contributed by atoms with E-state index in [0.717, 1.165) is 4.90 Å². The Kier molecular flexibility index (Phi) is 7.48. The molecule has 0 unspecified atom stereocenters. The maximum absolute atomic E-state index is 13.1. The van der Waals surface area contributed by atoms with Crippen molar-refractivity contribution >= 4 is 29.2 Å². The molecule has 0 aromatic heterocycles. The average Bonchev–Trinajstić information content (AvgIpc) is 3.14. The first-order valence-electron chi connectivity index (χ1n) is 11.6. The number of rotatable bonds is 7. The molecular formula is C25H26F3N3O5. The summed E-state index contributed by atoms with van der Waals surface area (Å²) in [6, 6.07) is 11.3. The van der Waals surface area contributed by atoms with Gasteiger partial charge in [-0.3, -0.25) is 14.5 Å². The number of alkyl halides is 3. The number of piperidine rings is 1. The molecule has 2 aliphatic heterocycles. The molecule has 11 heteroatoms. The Morgan fingerprint density at radius 1 is 1.03 bits per heavy atom. The van der Waals surface area contributed by atoms with Crippen LogP contribution in [-0.2, 0) is 14.3 Å². The molecule has 0 radical (unpaired) electrons. The molecule has 2 aromatic carbocycles. The van der Waals surface area contributed by atoms with E-state index in [2.05, 4.69) is 10.1 Å². The molecule has 0 aliphatic carbocycles. The highest BCUT2D eigenvalue weighted by atomic mass is 19.4. The second-order valence-electron chi connectivity index (χ2n) is 8.58. The van der Waals surface area contributed by atoms with Crippen molar-refractivity contribution in [2.45, 2.75) is 44.6 Å². The summed E-state index contributed by atoms with van der Waals surface area (Å²) in [5, 5.41) is 3.30. The second kappa shape index (κ2) is 10.6. The molecule has 0 spiro atoms. The number of ether oxygens (including phenoxy) is 2. The summed E-state index contributed by atoms with van der Waals surface area (Å²) >= 11 is 0. The van der Waals surface area contributed by atoms with E-state index in [9.17, 15) is 27.6 Å². The Bertz CT molecular complexity index is 1100. The summed E-state index contributed by atoms with van der Waals surface area (Å²) in [6.45, 7) is 3.14. The summed E-state index contributed by atoms with van der Waals surface area (Å²) in [7, 11) is 0. The number of carbonyl (C=O) groups excluding carboxylic acids is 3. The summed E-state index contributed by atoms with van der Waals surface area (Å²) in [6.07, 6.45) is -3.25. The number of nitrogens with one attached hydrogen (secondary N) is 1. The molecule has 2 saturated heterocycles. The van der Waals surface area contributed by atoms with Gasteiger partial charge in [0.25, 0.3) is 5.91 Å². The first kappa shape index (κ1) is 25.5. The smallest absolute Gasteiger partial charge is 0.462 e. The molecule has 2 fully saturated rings. The SMILES string of the molecule is CCOC(=O)c1ccc(N2C(=O)C[C@@H](N3CCC(Nc4ccc(OC(F)(F)F)cc4)CC3)C2=O)cc1. The fourth-order valence-electron chi connectivity index (χ4n) is 4.48. The second-order valence-corrected chi connectivity index (χ2v) is 8.58. The predicted octanol–water partition coefficient (Wildman–Crippen LogP) is 3.97. The maximum Gasteiger partial charge on any atom is 0.573 e. The number of imide groups is 1. The molecule has 36 heavy (non-hydrogen) atoms. The predicted molar refractivity (Wildman–Crippen MR) is 125 cm³/mol. The number of hydrogen-bond acceptors (Lipinski definition) is 7. The first-order chi connectivity index (χ1) is 17.1. The van der Waals surface area contributed by atoms with Crippen molar-refractivity contribution in [1.82, 2.24) is 4.90 Å². The van der Waals surface area contributed by atoms with Crippen LogP contribution in [0.5, 0.6) is 5.75 Å². The molecule has 0 saturated carbocycles. The Morgan fingerprint density at radius 2 is 1.67 bits per heavy atom. The molecule has 192 valence electrons. The third-order valence-corrected chi connectivity index (χ3v) is 6.19. The van der Waals surface area contributed by atoms with Crippen LogP contribution in [0.15, 0.2) is 48.5 Å². The lowest BCUT2D eigenvalue weighted by molar-refractivity contribution is -0.274. The summed E-state index contributed by atoms with van der Waals surface area (Å²) in [4.78, 5) is 40.8. The van der Waals surface area contributed by atoms with Crippen LogP contribution in [0.3, 0.4) is 0 Å². The zero-order valence-corrected chi connectivity index (χ0v) is 19.6. The van der Waals surface area contributed by atoms with Gasteiger partial charge in [0, 0.05) is 24.8 Å². The Hall–Kier alpha value is -3.60. The lowest BCUT2D eigenvalue weighted by atomic mass is 10.0. The highest BCUT2D eigenvalue weighted by Gasteiger charge is 2.43. The first-order valence-corrected chi connectivity index (χ1v) is 11.6. The van der Waals surface area contributed by atoms with Crippen molar-refractivity contribution in [3.05, 3.63) is 54.1 Å². The van der Waals surface area contributed by atoms with Gasteiger partial charge in [0.1, 0.15) is 5.75 Å². The topological polar surface area (TPSA) is 88.2 Å². The van der Waals surface area contributed by atoms with Crippen LogP contribution in [0.4, 0.5) is 24.5 Å². The van der Waals surface area contributed by atoms with Gasteiger partial charge in [0.05, 0.1) is 30.3 Å². The van der Waals surface area contributed by atoms with Gasteiger partial charge >= 0.3 is 12.3 Å². The standard InChI is InChI=1S/C25H26F3N3O5/c1-2-35-24(34)16-3-7-19(8-4-16)31-22(32)15-21(23(31)33)30-13-11-18(12-14-30)29-17-5-9-20(10-6-17)36-25(26,27)28/h3-10,18,21,29H,2,11-15H2,1H3/t21-/m1/s1. The number of hydrogen-bond donors (Lipinski definition) is 1. The number of anilines is 2. The van der Waals surface area contributed by atoms with Gasteiger partial charge < -0.3 is 14.8 Å². The minimum Gasteiger partial charge on any atom is -0.462 e. The fraction of sp³-hybridized carbons (Fsp3) is 0.400. The van der Waals surface area contributed by atoms with E-state index in [4.69, 9.17) is 4.74 Å². The summed E-state index contributed by atoms with van der Waals surface area (Å²) in [5.41, 5.74) is 1.43. The molecule has 2 aromatic rings. The van der Waals surface area contributed by atoms with Crippen molar-refractivity contribution < 1.29 is 37.0 Å². The van der Waals surface area contributed by atoms with E-state index < -0.39 is 18.4 Å². The van der Waals surface area contributed by atoms with Crippen LogP contribution < -0.4 is 15.0 Å². The fourth-order valence-corrected chi connectivity index (χ4v) is 4.48. The number of nitrogens with zero attached hydrogens (tertiary/aromatic N) is 2. The normalized spacial score (nSPS) is 19.4. The summed E-state index contributed by atoms with van der Waals surface area (Å²) < 4.78 is 45.8. The van der Waals surface area contributed by atoms with Gasteiger partial charge in [-0.05, 0) is 68.3 Å². The number of carbonyl (C=O) groups is 3. The minimum atomic E-state index is -4.73. The maximum atomic E-state index is 13.1. The molecule has 2 heterocycles. The highest BCUT2D eigenvalue weighted by molar-refractivity contribution is 6.22. The highest BCUT2D eigenvalue weighted by Crippen LogP contribution is 2.29. The van der Waals surface area contributed by atoms with Gasteiger partial charge in [-0.1, -0.05) is 0 Å². The lowest BCUT2D eigenvalue weighted by Gasteiger charge is -2.35. The number of esters is 1. The van der Waals surface area contributed by atoms with Crippen molar-refractivity contribution in [3.63, 3.8) is 0 Å². The minimum absolute atomic E-state index is 0.0781. The van der Waals surface area contributed by atoms with E-state index in [1.165, 1.54) is 36.4 Å². The van der Waals surface area contributed by atoms with E-state index in [0.29, 0.717) is 42.9 Å². The van der Waals surface area contributed by atoms with Gasteiger partial charge in [-0.15, -0.1) is 13.2 Å². The zero-order chi connectivity index (χ0) is 25.9. The number of benzene rings is 2. The van der Waals surface area contributed by atoms with Crippen molar-refractivity contribution in [2.24, 2.45) is 0 Å². The number of likely N-dealkylation sites (tertiary alicyclic amines) is 1. The van der Waals surface area contributed by atoms with Crippen LogP contribution in [-0.4, -0.2) is 60.8 Å². The van der Waals surface area contributed by atoms with Gasteiger partial charge in [0.2, 0.25) is 5.91 Å². The molecule has 2 amide bonds. The largest absolute Gasteiger partial charge is 0.573 e. The van der Waals surface area contributed by atoms with E-state index in [-0.39, 0.29) is 36.6 Å². The number of halogens is 3. The lowest BCUT2D eigenvalue weighted by Crippen LogP contribution is -2.48. The van der Waals surface area contributed by atoms with Crippen LogP contribution in [0, 0.1) is 0 Å². The Labute approximate surface area is 205 Å². The molecule has 0 bridgehead atoms.